The van der Waals surface area contributed by atoms with E-state index in [1.165, 1.54) is 5.56 Å². The molecule has 5 heteroatoms. The van der Waals surface area contributed by atoms with Crippen LogP contribution in [-0.4, -0.2) is 32.5 Å². The first-order valence-electron chi connectivity index (χ1n) is 10.8. The van der Waals surface area contributed by atoms with Crippen molar-refractivity contribution in [1.82, 2.24) is 0 Å². The maximum Gasteiger partial charge on any atom is 0.122 e. The highest BCUT2D eigenvalue weighted by Crippen LogP contribution is 2.19. The molecule has 4 rings (SSSR count). The summed E-state index contributed by atoms with van der Waals surface area (Å²) in [5.74, 6) is 2.57. The van der Waals surface area contributed by atoms with Crippen LogP contribution in [0.15, 0.2) is 78.9 Å². The van der Waals surface area contributed by atoms with E-state index in [0.717, 1.165) is 48.9 Å². The Morgan fingerprint density at radius 3 is 2.06 bits per heavy atom. The highest BCUT2D eigenvalue weighted by Gasteiger charge is 2.15. The molecule has 5 nitrogen and oxygen atoms in total. The molecule has 1 saturated heterocycles. The van der Waals surface area contributed by atoms with Gasteiger partial charge in [0.15, 0.2) is 0 Å². The van der Waals surface area contributed by atoms with Crippen LogP contribution in [0.4, 0.5) is 5.69 Å². The predicted octanol–water partition coefficient (Wildman–Crippen LogP) is 5.31. The molecule has 1 aliphatic rings. The van der Waals surface area contributed by atoms with Gasteiger partial charge in [-0.25, -0.2) is 0 Å². The van der Waals surface area contributed by atoms with Crippen LogP contribution in [0.2, 0.25) is 0 Å². The number of rotatable bonds is 11. The summed E-state index contributed by atoms with van der Waals surface area (Å²) in [7, 11) is 0. The summed E-state index contributed by atoms with van der Waals surface area (Å²) in [5, 5.41) is 3.43. The van der Waals surface area contributed by atoms with Crippen molar-refractivity contribution in [3.05, 3.63) is 84.4 Å². The molecule has 0 bridgehead atoms. The van der Waals surface area contributed by atoms with E-state index in [2.05, 4.69) is 17.4 Å². The Labute approximate surface area is 183 Å². The fourth-order valence-electron chi connectivity index (χ4n) is 3.38. The Balaban J connectivity index is 1.15. The van der Waals surface area contributed by atoms with Crippen molar-refractivity contribution < 1.29 is 18.9 Å². The minimum Gasteiger partial charge on any atom is -0.491 e. The average molecular weight is 420 g/mol. The third-order valence-corrected chi connectivity index (χ3v) is 5.10. The van der Waals surface area contributed by atoms with Gasteiger partial charge in [0.1, 0.15) is 37.1 Å². The first-order chi connectivity index (χ1) is 15.3. The summed E-state index contributed by atoms with van der Waals surface area (Å²) in [6.07, 6.45) is 2.46. The molecule has 0 aromatic heterocycles. The topological polar surface area (TPSA) is 49.0 Å². The Hall–Kier alpha value is -3.18. The summed E-state index contributed by atoms with van der Waals surface area (Å²) < 4.78 is 22.8. The molecule has 0 aliphatic carbocycles. The van der Waals surface area contributed by atoms with Gasteiger partial charge in [-0.1, -0.05) is 30.3 Å². The van der Waals surface area contributed by atoms with Gasteiger partial charge in [-0.3, -0.25) is 0 Å². The van der Waals surface area contributed by atoms with Gasteiger partial charge in [0.2, 0.25) is 0 Å². The van der Waals surface area contributed by atoms with Crippen molar-refractivity contribution in [2.24, 2.45) is 0 Å². The maximum atomic E-state index is 5.82. The molecule has 0 spiro atoms. The standard InChI is InChI=1S/C26H29NO4/c1-2-5-23(6-3-1)29-17-18-30-24-14-10-22(11-15-24)27-19-21-8-12-25(13-9-21)31-20-26-7-4-16-28-26/h1-3,5-6,8-15,26-27H,4,7,16-20H2. The molecule has 1 N–H and O–H groups in total. The third kappa shape index (κ3) is 6.93. The van der Waals surface area contributed by atoms with Gasteiger partial charge in [-0.2, -0.15) is 0 Å². The molecule has 1 unspecified atom stereocenters. The quantitative estimate of drug-likeness (QED) is 0.427. The normalized spacial score (nSPS) is 15.4. The average Bonchev–Trinajstić information content (AvgIpc) is 3.35. The number of benzene rings is 3. The predicted molar refractivity (Wildman–Crippen MR) is 122 cm³/mol. The Bertz CT molecular complexity index is 891. The maximum absolute atomic E-state index is 5.82. The van der Waals surface area contributed by atoms with E-state index in [-0.39, 0.29) is 6.10 Å². The summed E-state index contributed by atoms with van der Waals surface area (Å²) >= 11 is 0. The third-order valence-electron chi connectivity index (χ3n) is 5.10. The minimum atomic E-state index is 0.240. The summed E-state index contributed by atoms with van der Waals surface area (Å²) in [4.78, 5) is 0. The van der Waals surface area contributed by atoms with Crippen molar-refractivity contribution in [3.63, 3.8) is 0 Å². The molecule has 0 saturated carbocycles. The molecule has 31 heavy (non-hydrogen) atoms. The second-order valence-corrected chi connectivity index (χ2v) is 7.48. The second kappa shape index (κ2) is 11.3. The lowest BCUT2D eigenvalue weighted by Crippen LogP contribution is -2.16. The molecule has 0 radical (unpaired) electrons. The zero-order chi connectivity index (χ0) is 21.1. The number of ether oxygens (including phenoxy) is 4. The van der Waals surface area contributed by atoms with Crippen molar-refractivity contribution in [2.45, 2.75) is 25.5 Å². The monoisotopic (exact) mass is 419 g/mol. The first kappa shape index (κ1) is 21.1. The Morgan fingerprint density at radius 1 is 0.742 bits per heavy atom. The summed E-state index contributed by atoms with van der Waals surface area (Å²) in [6, 6.07) is 25.9. The van der Waals surface area contributed by atoms with Gasteiger partial charge in [0.25, 0.3) is 0 Å². The van der Waals surface area contributed by atoms with E-state index >= 15 is 0 Å². The van der Waals surface area contributed by atoms with Crippen LogP contribution in [0.5, 0.6) is 17.2 Å². The summed E-state index contributed by atoms with van der Waals surface area (Å²) in [6.45, 7) is 3.25. The number of hydrogen-bond donors (Lipinski definition) is 1. The lowest BCUT2D eigenvalue weighted by Gasteiger charge is -2.12. The molecule has 3 aromatic carbocycles. The highest BCUT2D eigenvalue weighted by molar-refractivity contribution is 5.47. The van der Waals surface area contributed by atoms with Crippen LogP contribution in [0.25, 0.3) is 0 Å². The van der Waals surface area contributed by atoms with Crippen LogP contribution >= 0.6 is 0 Å². The lowest BCUT2D eigenvalue weighted by atomic mass is 10.2. The van der Waals surface area contributed by atoms with Gasteiger partial charge in [-0.15, -0.1) is 0 Å². The van der Waals surface area contributed by atoms with E-state index in [0.29, 0.717) is 19.8 Å². The molecule has 162 valence electrons. The van der Waals surface area contributed by atoms with E-state index in [4.69, 9.17) is 18.9 Å². The molecule has 1 atom stereocenters. The fourth-order valence-corrected chi connectivity index (χ4v) is 3.38. The Morgan fingerprint density at radius 2 is 1.39 bits per heavy atom. The molecule has 0 amide bonds. The van der Waals surface area contributed by atoms with E-state index in [1.807, 2.05) is 66.7 Å². The highest BCUT2D eigenvalue weighted by atomic mass is 16.5. The van der Waals surface area contributed by atoms with E-state index in [9.17, 15) is 0 Å². The second-order valence-electron chi connectivity index (χ2n) is 7.48. The fraction of sp³-hybridized carbons (Fsp3) is 0.308. The van der Waals surface area contributed by atoms with Crippen LogP contribution in [0.3, 0.4) is 0 Å². The van der Waals surface area contributed by atoms with Gasteiger partial charge < -0.3 is 24.3 Å². The smallest absolute Gasteiger partial charge is 0.122 e. The molecule has 3 aromatic rings. The van der Waals surface area contributed by atoms with Crippen molar-refractivity contribution in [2.75, 3.05) is 31.7 Å². The van der Waals surface area contributed by atoms with Gasteiger partial charge in [0.05, 0.1) is 6.10 Å². The minimum absolute atomic E-state index is 0.240. The van der Waals surface area contributed by atoms with Crippen LogP contribution in [-0.2, 0) is 11.3 Å². The summed E-state index contributed by atoms with van der Waals surface area (Å²) in [5.41, 5.74) is 2.24. The number of anilines is 1. The zero-order valence-corrected chi connectivity index (χ0v) is 17.7. The SMILES string of the molecule is c1ccc(OCCOc2ccc(NCc3ccc(OCC4CCCO4)cc3)cc2)cc1. The van der Waals surface area contributed by atoms with Gasteiger partial charge in [-0.05, 0) is 66.9 Å². The molecule has 1 aliphatic heterocycles. The molecular formula is C26H29NO4. The lowest BCUT2D eigenvalue weighted by molar-refractivity contribution is 0.0679. The largest absolute Gasteiger partial charge is 0.491 e. The Kier molecular flexibility index (Phi) is 7.66. The van der Waals surface area contributed by atoms with Gasteiger partial charge >= 0.3 is 0 Å². The first-order valence-corrected chi connectivity index (χ1v) is 10.8. The number of nitrogens with one attached hydrogen (secondary N) is 1. The van der Waals surface area contributed by atoms with Gasteiger partial charge in [0, 0.05) is 18.8 Å². The molecule has 1 fully saturated rings. The van der Waals surface area contributed by atoms with Crippen LogP contribution < -0.4 is 19.5 Å². The van der Waals surface area contributed by atoms with E-state index < -0.39 is 0 Å². The van der Waals surface area contributed by atoms with Crippen molar-refractivity contribution >= 4 is 5.69 Å². The zero-order valence-electron chi connectivity index (χ0n) is 17.7. The van der Waals surface area contributed by atoms with Crippen LogP contribution in [0.1, 0.15) is 18.4 Å². The van der Waals surface area contributed by atoms with Crippen LogP contribution in [0, 0.1) is 0 Å². The van der Waals surface area contributed by atoms with Crippen molar-refractivity contribution in [1.29, 1.82) is 0 Å². The van der Waals surface area contributed by atoms with Crippen molar-refractivity contribution in [3.8, 4) is 17.2 Å². The molecule has 1 heterocycles. The number of hydrogen-bond acceptors (Lipinski definition) is 5. The molecular weight excluding hydrogens is 390 g/mol. The van der Waals surface area contributed by atoms with E-state index in [1.54, 1.807) is 0 Å². The number of para-hydroxylation sites is 1.